The molecule has 0 aliphatic carbocycles. The number of ether oxygens (including phenoxy) is 1. The summed E-state index contributed by atoms with van der Waals surface area (Å²) in [7, 11) is -2.39. The van der Waals surface area contributed by atoms with Crippen molar-refractivity contribution in [3.63, 3.8) is 0 Å². The Kier molecular flexibility index (Phi) is 6.13. The maximum Gasteiger partial charge on any atom is 0.243 e. The van der Waals surface area contributed by atoms with Crippen LogP contribution in [0.2, 0.25) is 0 Å². The molecule has 0 heterocycles. The average Bonchev–Trinajstić information content (AvgIpc) is 2.74. The fraction of sp³-hybridized carbons (Fsp3) is 0.0952. The molecule has 3 aromatic rings. The number of benzene rings is 3. The summed E-state index contributed by atoms with van der Waals surface area (Å²) < 4.78 is 44.2. The molecule has 0 bridgehead atoms. The summed E-state index contributed by atoms with van der Waals surface area (Å²) in [5.41, 5.74) is 0.703. The summed E-state index contributed by atoms with van der Waals surface area (Å²) >= 11 is 0. The zero-order valence-corrected chi connectivity index (χ0v) is 16.4. The minimum absolute atomic E-state index is 0.00219. The molecule has 29 heavy (non-hydrogen) atoms. The van der Waals surface area contributed by atoms with Crippen molar-refractivity contribution in [2.75, 3.05) is 24.3 Å². The fourth-order valence-electron chi connectivity index (χ4n) is 2.64. The lowest BCUT2D eigenvalue weighted by atomic mass is 10.3. The van der Waals surface area contributed by atoms with Crippen molar-refractivity contribution in [3.8, 4) is 5.75 Å². The minimum Gasteiger partial charge on any atom is -0.497 e. The van der Waals surface area contributed by atoms with E-state index in [4.69, 9.17) is 4.74 Å². The van der Waals surface area contributed by atoms with Gasteiger partial charge in [0, 0.05) is 11.8 Å². The molecule has 3 aromatic carbocycles. The molecule has 0 spiro atoms. The quantitative estimate of drug-likeness (QED) is 0.616. The Hall–Kier alpha value is -3.39. The normalized spacial score (nSPS) is 11.0. The van der Waals surface area contributed by atoms with E-state index in [9.17, 15) is 17.6 Å². The SMILES string of the molecule is COc1ccc(NCC(=O)Nc2ccc(F)cc2)c(S(=O)(=O)c2ccccc2)c1. The van der Waals surface area contributed by atoms with E-state index < -0.39 is 21.6 Å². The average molecular weight is 414 g/mol. The zero-order valence-electron chi connectivity index (χ0n) is 15.6. The molecule has 0 aliphatic heterocycles. The first kappa shape index (κ1) is 20.3. The number of rotatable bonds is 7. The van der Waals surface area contributed by atoms with E-state index >= 15 is 0 Å². The molecule has 150 valence electrons. The summed E-state index contributed by atoms with van der Waals surface area (Å²) in [6, 6.07) is 17.9. The molecule has 0 radical (unpaired) electrons. The van der Waals surface area contributed by atoms with Crippen LogP contribution in [0.1, 0.15) is 0 Å². The predicted octanol–water partition coefficient (Wildman–Crippen LogP) is 3.72. The molecule has 0 saturated carbocycles. The van der Waals surface area contributed by atoms with Gasteiger partial charge in [0.15, 0.2) is 0 Å². The number of nitrogens with one attached hydrogen (secondary N) is 2. The molecule has 0 unspecified atom stereocenters. The van der Waals surface area contributed by atoms with Crippen molar-refractivity contribution in [1.29, 1.82) is 0 Å². The number of hydrogen-bond acceptors (Lipinski definition) is 5. The number of sulfone groups is 1. The molecule has 0 atom stereocenters. The summed E-state index contributed by atoms with van der Waals surface area (Å²) in [6.45, 7) is -0.180. The van der Waals surface area contributed by atoms with Crippen molar-refractivity contribution in [2.45, 2.75) is 9.79 Å². The topological polar surface area (TPSA) is 84.5 Å². The van der Waals surface area contributed by atoms with Crippen molar-refractivity contribution in [3.05, 3.63) is 78.6 Å². The molecule has 8 heteroatoms. The largest absolute Gasteiger partial charge is 0.497 e. The third kappa shape index (κ3) is 4.91. The van der Waals surface area contributed by atoms with Crippen LogP contribution < -0.4 is 15.4 Å². The highest BCUT2D eigenvalue weighted by molar-refractivity contribution is 7.91. The number of halogens is 1. The minimum atomic E-state index is -3.83. The molecule has 0 saturated heterocycles. The second kappa shape index (κ2) is 8.74. The fourth-order valence-corrected chi connectivity index (χ4v) is 4.11. The number of methoxy groups -OCH3 is 1. The summed E-state index contributed by atoms with van der Waals surface area (Å²) in [4.78, 5) is 12.3. The number of amides is 1. The van der Waals surface area contributed by atoms with Gasteiger partial charge in [-0.1, -0.05) is 18.2 Å². The highest BCUT2D eigenvalue weighted by Gasteiger charge is 2.22. The van der Waals surface area contributed by atoms with E-state index in [-0.39, 0.29) is 22.0 Å². The Labute approximate surface area is 168 Å². The maximum absolute atomic E-state index is 13.1. The van der Waals surface area contributed by atoms with E-state index in [0.29, 0.717) is 11.4 Å². The van der Waals surface area contributed by atoms with Crippen molar-refractivity contribution < 1.29 is 22.3 Å². The van der Waals surface area contributed by atoms with Crippen LogP contribution in [-0.2, 0) is 14.6 Å². The monoisotopic (exact) mass is 414 g/mol. The van der Waals surface area contributed by atoms with Crippen LogP contribution >= 0.6 is 0 Å². The van der Waals surface area contributed by atoms with Crippen molar-refractivity contribution in [2.24, 2.45) is 0 Å². The van der Waals surface area contributed by atoms with Gasteiger partial charge in [-0.3, -0.25) is 4.79 Å². The number of carbonyl (C=O) groups excluding carboxylic acids is 1. The van der Waals surface area contributed by atoms with Crippen LogP contribution in [0.15, 0.2) is 82.6 Å². The van der Waals surface area contributed by atoms with Gasteiger partial charge in [0.25, 0.3) is 0 Å². The van der Waals surface area contributed by atoms with Gasteiger partial charge in [0.2, 0.25) is 15.7 Å². The Morgan fingerprint density at radius 2 is 1.69 bits per heavy atom. The van der Waals surface area contributed by atoms with E-state index in [1.165, 1.54) is 49.6 Å². The van der Waals surface area contributed by atoms with Gasteiger partial charge in [0.05, 0.1) is 29.1 Å². The molecule has 2 N–H and O–H groups in total. The highest BCUT2D eigenvalue weighted by atomic mass is 32.2. The first-order valence-electron chi connectivity index (χ1n) is 8.67. The molecular weight excluding hydrogens is 395 g/mol. The smallest absolute Gasteiger partial charge is 0.243 e. The van der Waals surface area contributed by atoms with Gasteiger partial charge in [-0.2, -0.15) is 0 Å². The van der Waals surface area contributed by atoms with Gasteiger partial charge in [-0.25, -0.2) is 12.8 Å². The number of carbonyl (C=O) groups is 1. The Balaban J connectivity index is 1.82. The molecular formula is C21H19FN2O4S. The van der Waals surface area contributed by atoms with Gasteiger partial charge in [-0.05, 0) is 48.5 Å². The van der Waals surface area contributed by atoms with Crippen LogP contribution in [0.25, 0.3) is 0 Å². The second-order valence-electron chi connectivity index (χ2n) is 6.09. The second-order valence-corrected chi connectivity index (χ2v) is 8.01. The Morgan fingerprint density at radius 3 is 2.34 bits per heavy atom. The van der Waals surface area contributed by atoms with Crippen LogP contribution in [0.5, 0.6) is 5.75 Å². The van der Waals surface area contributed by atoms with Gasteiger partial charge in [0.1, 0.15) is 11.6 Å². The van der Waals surface area contributed by atoms with E-state index in [1.54, 1.807) is 30.3 Å². The molecule has 0 aliphatic rings. The van der Waals surface area contributed by atoms with Crippen LogP contribution in [0.4, 0.5) is 15.8 Å². The van der Waals surface area contributed by atoms with Crippen molar-refractivity contribution >= 4 is 27.1 Å². The lowest BCUT2D eigenvalue weighted by Gasteiger charge is -2.14. The molecule has 0 aromatic heterocycles. The third-order valence-corrected chi connectivity index (χ3v) is 5.91. The van der Waals surface area contributed by atoms with Crippen LogP contribution in [0, 0.1) is 5.82 Å². The maximum atomic E-state index is 13.1. The third-order valence-electron chi connectivity index (χ3n) is 4.10. The van der Waals surface area contributed by atoms with Crippen LogP contribution in [0.3, 0.4) is 0 Å². The number of anilines is 2. The summed E-state index contributed by atoms with van der Waals surface area (Å²) in [5.74, 6) is -0.438. The molecule has 1 amide bonds. The first-order chi connectivity index (χ1) is 13.9. The zero-order chi connectivity index (χ0) is 20.9. The van der Waals surface area contributed by atoms with E-state index in [2.05, 4.69) is 10.6 Å². The van der Waals surface area contributed by atoms with Gasteiger partial charge in [-0.15, -0.1) is 0 Å². The predicted molar refractivity (Wildman–Crippen MR) is 108 cm³/mol. The summed E-state index contributed by atoms with van der Waals surface area (Å²) in [6.07, 6.45) is 0. The lowest BCUT2D eigenvalue weighted by molar-refractivity contribution is -0.114. The molecule has 0 fully saturated rings. The van der Waals surface area contributed by atoms with Gasteiger partial charge < -0.3 is 15.4 Å². The number of hydrogen-bond donors (Lipinski definition) is 2. The van der Waals surface area contributed by atoms with E-state index in [0.717, 1.165) is 0 Å². The van der Waals surface area contributed by atoms with Gasteiger partial charge >= 0.3 is 0 Å². The lowest BCUT2D eigenvalue weighted by Crippen LogP contribution is -2.22. The Morgan fingerprint density at radius 1 is 1.00 bits per heavy atom. The first-order valence-corrected chi connectivity index (χ1v) is 10.2. The highest BCUT2D eigenvalue weighted by Crippen LogP contribution is 2.31. The molecule has 3 rings (SSSR count). The molecule has 6 nitrogen and oxygen atoms in total. The Bertz CT molecular complexity index is 1100. The van der Waals surface area contributed by atoms with Crippen LogP contribution in [-0.4, -0.2) is 28.0 Å². The summed E-state index contributed by atoms with van der Waals surface area (Å²) in [5, 5.41) is 5.46. The van der Waals surface area contributed by atoms with E-state index in [1.807, 2.05) is 0 Å². The van der Waals surface area contributed by atoms with Crippen molar-refractivity contribution in [1.82, 2.24) is 0 Å². The standard InChI is InChI=1S/C21H19FN2O4S/c1-28-17-11-12-19(20(13-17)29(26,27)18-5-3-2-4-6-18)23-14-21(25)24-16-9-7-15(22)8-10-16/h2-13,23H,14H2,1H3,(H,24,25).